The molecule has 1 aromatic rings. The quantitative estimate of drug-likeness (QED) is 0.862. The van der Waals surface area contributed by atoms with E-state index in [1.165, 1.54) is 16.7 Å². The first-order valence-electron chi connectivity index (χ1n) is 7.75. The SMILES string of the molecule is Cc1ccc(CCNC(C)CN2CCOCC2)cc1C. The third kappa shape index (κ3) is 4.89. The molecule has 1 saturated heterocycles. The van der Waals surface area contributed by atoms with Crippen LogP contribution in [0.4, 0.5) is 0 Å². The first-order valence-corrected chi connectivity index (χ1v) is 7.75. The number of morpholine rings is 1. The largest absolute Gasteiger partial charge is 0.379 e. The first kappa shape index (κ1) is 15.5. The summed E-state index contributed by atoms with van der Waals surface area (Å²) in [7, 11) is 0. The summed E-state index contributed by atoms with van der Waals surface area (Å²) in [5, 5.41) is 3.63. The molecule has 0 saturated carbocycles. The van der Waals surface area contributed by atoms with Gasteiger partial charge in [0.2, 0.25) is 0 Å². The summed E-state index contributed by atoms with van der Waals surface area (Å²) in [5.74, 6) is 0. The lowest BCUT2D eigenvalue weighted by Crippen LogP contribution is -2.44. The maximum atomic E-state index is 5.38. The molecule has 0 amide bonds. The second-order valence-corrected chi connectivity index (χ2v) is 5.94. The van der Waals surface area contributed by atoms with Crippen molar-refractivity contribution in [1.82, 2.24) is 10.2 Å². The van der Waals surface area contributed by atoms with Gasteiger partial charge in [-0.2, -0.15) is 0 Å². The maximum absolute atomic E-state index is 5.38. The predicted octanol–water partition coefficient (Wildman–Crippen LogP) is 2.16. The van der Waals surface area contributed by atoms with Crippen LogP contribution in [0.1, 0.15) is 23.6 Å². The van der Waals surface area contributed by atoms with Crippen LogP contribution in [-0.2, 0) is 11.2 Å². The normalized spacial score (nSPS) is 18.1. The van der Waals surface area contributed by atoms with Gasteiger partial charge < -0.3 is 10.1 Å². The van der Waals surface area contributed by atoms with Gasteiger partial charge in [-0.3, -0.25) is 4.90 Å². The third-order valence-electron chi connectivity index (χ3n) is 4.11. The van der Waals surface area contributed by atoms with Crippen molar-refractivity contribution in [2.45, 2.75) is 33.2 Å². The Balaban J connectivity index is 1.67. The minimum Gasteiger partial charge on any atom is -0.379 e. The number of hydrogen-bond donors (Lipinski definition) is 1. The molecule has 0 bridgehead atoms. The molecule has 20 heavy (non-hydrogen) atoms. The Kier molecular flexibility index (Phi) is 6.02. The van der Waals surface area contributed by atoms with Crippen LogP contribution in [0.25, 0.3) is 0 Å². The van der Waals surface area contributed by atoms with Gasteiger partial charge in [0, 0.05) is 25.7 Å². The van der Waals surface area contributed by atoms with Crippen molar-refractivity contribution in [3.8, 4) is 0 Å². The molecule has 0 aromatic heterocycles. The Morgan fingerprint density at radius 2 is 1.95 bits per heavy atom. The highest BCUT2D eigenvalue weighted by atomic mass is 16.5. The van der Waals surface area contributed by atoms with E-state index in [0.717, 1.165) is 45.8 Å². The average Bonchev–Trinajstić information content (AvgIpc) is 2.44. The monoisotopic (exact) mass is 276 g/mol. The van der Waals surface area contributed by atoms with Crippen molar-refractivity contribution in [3.05, 3.63) is 34.9 Å². The van der Waals surface area contributed by atoms with Gasteiger partial charge in [-0.15, -0.1) is 0 Å². The number of aryl methyl sites for hydroxylation is 2. The zero-order valence-corrected chi connectivity index (χ0v) is 13.1. The predicted molar refractivity (Wildman–Crippen MR) is 84.3 cm³/mol. The Hall–Kier alpha value is -0.900. The summed E-state index contributed by atoms with van der Waals surface area (Å²) >= 11 is 0. The molecule has 1 fully saturated rings. The number of ether oxygens (including phenoxy) is 1. The molecule has 0 aliphatic carbocycles. The highest BCUT2D eigenvalue weighted by molar-refractivity contribution is 5.30. The Labute approximate surface area is 123 Å². The second kappa shape index (κ2) is 7.77. The van der Waals surface area contributed by atoms with Crippen LogP contribution in [0.2, 0.25) is 0 Å². The van der Waals surface area contributed by atoms with E-state index in [-0.39, 0.29) is 0 Å². The third-order valence-corrected chi connectivity index (χ3v) is 4.11. The summed E-state index contributed by atoms with van der Waals surface area (Å²) in [4.78, 5) is 2.48. The first-order chi connectivity index (χ1) is 9.65. The van der Waals surface area contributed by atoms with Gasteiger partial charge in [0.05, 0.1) is 13.2 Å². The zero-order valence-electron chi connectivity index (χ0n) is 13.1. The van der Waals surface area contributed by atoms with E-state index < -0.39 is 0 Å². The molecule has 1 N–H and O–H groups in total. The molecule has 0 radical (unpaired) electrons. The van der Waals surface area contributed by atoms with Gasteiger partial charge >= 0.3 is 0 Å². The smallest absolute Gasteiger partial charge is 0.0594 e. The Morgan fingerprint density at radius 1 is 1.20 bits per heavy atom. The number of nitrogens with zero attached hydrogens (tertiary/aromatic N) is 1. The molecule has 1 aromatic carbocycles. The van der Waals surface area contributed by atoms with Crippen molar-refractivity contribution >= 4 is 0 Å². The van der Waals surface area contributed by atoms with E-state index >= 15 is 0 Å². The summed E-state index contributed by atoms with van der Waals surface area (Å²) in [6.45, 7) is 12.7. The van der Waals surface area contributed by atoms with E-state index in [9.17, 15) is 0 Å². The van der Waals surface area contributed by atoms with Crippen LogP contribution in [-0.4, -0.2) is 50.3 Å². The summed E-state index contributed by atoms with van der Waals surface area (Å²) in [5.41, 5.74) is 4.20. The van der Waals surface area contributed by atoms with Crippen LogP contribution < -0.4 is 5.32 Å². The second-order valence-electron chi connectivity index (χ2n) is 5.94. The summed E-state index contributed by atoms with van der Waals surface area (Å²) in [6, 6.07) is 7.32. The lowest BCUT2D eigenvalue weighted by atomic mass is 10.0. The van der Waals surface area contributed by atoms with Gasteiger partial charge in [0.1, 0.15) is 0 Å². The zero-order chi connectivity index (χ0) is 14.4. The van der Waals surface area contributed by atoms with E-state index in [4.69, 9.17) is 4.74 Å². The molecule has 3 nitrogen and oxygen atoms in total. The van der Waals surface area contributed by atoms with Crippen LogP contribution in [0.5, 0.6) is 0 Å². The van der Waals surface area contributed by atoms with Crippen molar-refractivity contribution in [1.29, 1.82) is 0 Å². The Bertz CT molecular complexity index is 413. The van der Waals surface area contributed by atoms with Crippen LogP contribution in [0.15, 0.2) is 18.2 Å². The van der Waals surface area contributed by atoms with E-state index in [1.54, 1.807) is 0 Å². The molecule has 1 heterocycles. The summed E-state index contributed by atoms with van der Waals surface area (Å²) in [6.07, 6.45) is 1.11. The maximum Gasteiger partial charge on any atom is 0.0594 e. The van der Waals surface area contributed by atoms with Crippen molar-refractivity contribution < 1.29 is 4.74 Å². The van der Waals surface area contributed by atoms with Crippen LogP contribution in [0.3, 0.4) is 0 Å². The minimum atomic E-state index is 0.541. The molecule has 2 rings (SSSR count). The van der Waals surface area contributed by atoms with E-state index in [2.05, 4.69) is 49.2 Å². The van der Waals surface area contributed by atoms with E-state index in [0.29, 0.717) is 6.04 Å². The van der Waals surface area contributed by atoms with Crippen molar-refractivity contribution in [2.24, 2.45) is 0 Å². The topological polar surface area (TPSA) is 24.5 Å². The van der Waals surface area contributed by atoms with Gasteiger partial charge in [-0.05, 0) is 50.4 Å². The standard InChI is InChI=1S/C17H28N2O/c1-14-4-5-17(12-15(14)2)6-7-18-16(3)13-19-8-10-20-11-9-19/h4-5,12,16,18H,6-11,13H2,1-3H3. The fourth-order valence-corrected chi connectivity index (χ4v) is 2.66. The molecule has 1 aliphatic rings. The summed E-state index contributed by atoms with van der Waals surface area (Å²) < 4.78 is 5.38. The van der Waals surface area contributed by atoms with Crippen LogP contribution in [0, 0.1) is 13.8 Å². The van der Waals surface area contributed by atoms with Crippen molar-refractivity contribution in [2.75, 3.05) is 39.4 Å². The molecule has 1 atom stereocenters. The highest BCUT2D eigenvalue weighted by Crippen LogP contribution is 2.10. The number of rotatable bonds is 6. The number of benzene rings is 1. The van der Waals surface area contributed by atoms with Gasteiger partial charge in [0.15, 0.2) is 0 Å². The molecular weight excluding hydrogens is 248 g/mol. The lowest BCUT2D eigenvalue weighted by molar-refractivity contribution is 0.0344. The van der Waals surface area contributed by atoms with Crippen LogP contribution >= 0.6 is 0 Å². The highest BCUT2D eigenvalue weighted by Gasteiger charge is 2.13. The fraction of sp³-hybridized carbons (Fsp3) is 0.647. The molecule has 0 spiro atoms. The van der Waals surface area contributed by atoms with Gasteiger partial charge in [-0.1, -0.05) is 18.2 Å². The number of hydrogen-bond acceptors (Lipinski definition) is 3. The molecule has 1 aliphatic heterocycles. The molecule has 1 unspecified atom stereocenters. The molecule has 3 heteroatoms. The lowest BCUT2D eigenvalue weighted by Gasteiger charge is -2.29. The average molecular weight is 276 g/mol. The number of nitrogens with one attached hydrogen (secondary N) is 1. The molecule has 112 valence electrons. The van der Waals surface area contributed by atoms with Gasteiger partial charge in [0.25, 0.3) is 0 Å². The van der Waals surface area contributed by atoms with Crippen molar-refractivity contribution in [3.63, 3.8) is 0 Å². The minimum absolute atomic E-state index is 0.541. The fourth-order valence-electron chi connectivity index (χ4n) is 2.66. The molecular formula is C17H28N2O. The van der Waals surface area contributed by atoms with E-state index in [1.807, 2.05) is 0 Å². The Morgan fingerprint density at radius 3 is 2.65 bits per heavy atom. The van der Waals surface area contributed by atoms with Gasteiger partial charge in [-0.25, -0.2) is 0 Å².